The second kappa shape index (κ2) is 8.78. The maximum Gasteiger partial charge on any atom is 0.368 e. The lowest BCUT2D eigenvalue weighted by molar-refractivity contribution is 0.294. The minimum atomic E-state index is -0.365. The molecule has 0 unspecified atom stereocenters. The summed E-state index contributed by atoms with van der Waals surface area (Å²) in [7, 11) is 3.10. The number of nitrogens with zero attached hydrogens (tertiary/aromatic N) is 5. The van der Waals surface area contributed by atoms with Crippen molar-refractivity contribution < 1.29 is 9.47 Å². The van der Waals surface area contributed by atoms with Gasteiger partial charge in [0.25, 0.3) is 0 Å². The third-order valence-electron chi connectivity index (χ3n) is 5.18. The van der Waals surface area contributed by atoms with Crippen LogP contribution in [0.2, 0.25) is 0 Å². The molecule has 0 radical (unpaired) electrons. The van der Waals surface area contributed by atoms with Gasteiger partial charge in [-0.1, -0.05) is 30.3 Å². The smallest absolute Gasteiger partial charge is 0.368 e. The highest BCUT2D eigenvalue weighted by Gasteiger charge is 2.16. The largest absolute Gasteiger partial charge is 0.496 e. The first-order chi connectivity index (χ1) is 15.5. The molecule has 0 bridgehead atoms. The minimum Gasteiger partial charge on any atom is -0.496 e. The summed E-state index contributed by atoms with van der Waals surface area (Å²) in [5.74, 6) is 1.27. The SMILES string of the molecule is COc1cccc(-n2nnn(C)c2=O)c1COc1ccc(-c2ccccc2C#N)cc1C. The Hall–Kier alpha value is -4.38. The first-order valence-corrected chi connectivity index (χ1v) is 9.91. The predicted molar refractivity (Wildman–Crippen MR) is 119 cm³/mol. The van der Waals surface area contributed by atoms with Crippen molar-refractivity contribution in [2.24, 2.45) is 7.05 Å². The summed E-state index contributed by atoms with van der Waals surface area (Å²) in [6, 6.07) is 20.9. The third kappa shape index (κ3) is 3.84. The van der Waals surface area contributed by atoms with Gasteiger partial charge < -0.3 is 9.47 Å². The van der Waals surface area contributed by atoms with Crippen LogP contribution in [0.4, 0.5) is 0 Å². The van der Waals surface area contributed by atoms with E-state index >= 15 is 0 Å². The Kier molecular flexibility index (Phi) is 5.73. The monoisotopic (exact) mass is 427 g/mol. The van der Waals surface area contributed by atoms with Crippen LogP contribution in [0.15, 0.2) is 65.5 Å². The minimum absolute atomic E-state index is 0.164. The third-order valence-corrected chi connectivity index (χ3v) is 5.18. The zero-order chi connectivity index (χ0) is 22.7. The van der Waals surface area contributed by atoms with Crippen LogP contribution < -0.4 is 15.2 Å². The quantitative estimate of drug-likeness (QED) is 0.468. The second-order valence-corrected chi connectivity index (χ2v) is 7.18. The van der Waals surface area contributed by atoms with Crippen LogP contribution in [0, 0.1) is 18.3 Å². The van der Waals surface area contributed by atoms with Crippen molar-refractivity contribution in [3.8, 4) is 34.4 Å². The molecule has 0 aliphatic carbocycles. The van der Waals surface area contributed by atoms with Gasteiger partial charge in [-0.25, -0.2) is 4.79 Å². The van der Waals surface area contributed by atoms with Crippen molar-refractivity contribution in [1.82, 2.24) is 19.8 Å². The first kappa shape index (κ1) is 20.9. The standard InChI is InChI=1S/C24H21N5O3/c1-16-13-17(19-8-5-4-7-18(19)14-25)11-12-22(16)32-15-20-21(9-6-10-23(20)31-3)29-24(30)28(2)26-27-29/h4-13H,15H2,1-3H3. The van der Waals surface area contributed by atoms with Crippen molar-refractivity contribution in [2.45, 2.75) is 13.5 Å². The summed E-state index contributed by atoms with van der Waals surface area (Å²) in [5, 5.41) is 17.1. The molecule has 0 spiro atoms. The molecule has 32 heavy (non-hydrogen) atoms. The van der Waals surface area contributed by atoms with Crippen molar-refractivity contribution in [3.05, 3.63) is 87.8 Å². The number of ether oxygens (including phenoxy) is 2. The molecule has 0 amide bonds. The van der Waals surface area contributed by atoms with E-state index in [1.54, 1.807) is 31.4 Å². The van der Waals surface area contributed by atoms with E-state index in [9.17, 15) is 10.1 Å². The highest BCUT2D eigenvalue weighted by atomic mass is 16.5. The summed E-state index contributed by atoms with van der Waals surface area (Å²) in [6.07, 6.45) is 0. The van der Waals surface area contributed by atoms with Gasteiger partial charge in [0.2, 0.25) is 0 Å². The van der Waals surface area contributed by atoms with Crippen LogP contribution in [0.25, 0.3) is 16.8 Å². The Balaban J connectivity index is 1.65. The molecule has 0 saturated heterocycles. The zero-order valence-electron chi connectivity index (χ0n) is 17.9. The van der Waals surface area contributed by atoms with Crippen LogP contribution in [0.5, 0.6) is 11.5 Å². The average molecular weight is 427 g/mol. The lowest BCUT2D eigenvalue weighted by Gasteiger charge is -2.16. The number of tetrazole rings is 1. The Labute approximate surface area is 184 Å². The van der Waals surface area contributed by atoms with E-state index in [-0.39, 0.29) is 12.3 Å². The molecule has 0 saturated carbocycles. The molecule has 3 aromatic carbocycles. The van der Waals surface area contributed by atoms with Gasteiger partial charge in [-0.3, -0.25) is 0 Å². The van der Waals surface area contributed by atoms with Crippen LogP contribution >= 0.6 is 0 Å². The summed E-state index contributed by atoms with van der Waals surface area (Å²) in [6.45, 7) is 2.11. The highest BCUT2D eigenvalue weighted by Crippen LogP contribution is 2.30. The van der Waals surface area contributed by atoms with Gasteiger partial charge in [-0.05, 0) is 64.4 Å². The number of rotatable bonds is 6. The fourth-order valence-corrected chi connectivity index (χ4v) is 3.51. The maximum absolute atomic E-state index is 12.4. The molecule has 1 heterocycles. The van der Waals surface area contributed by atoms with Crippen LogP contribution in [-0.2, 0) is 13.7 Å². The maximum atomic E-state index is 12.4. The molecule has 0 N–H and O–H groups in total. The summed E-state index contributed by atoms with van der Waals surface area (Å²) in [5.41, 5.74) is 4.21. The number of aryl methyl sites for hydroxylation is 2. The van der Waals surface area contributed by atoms with Gasteiger partial charge in [0, 0.05) is 7.05 Å². The molecule has 0 aliphatic heterocycles. The second-order valence-electron chi connectivity index (χ2n) is 7.18. The number of methoxy groups -OCH3 is 1. The molecule has 1 aromatic heterocycles. The predicted octanol–water partition coefficient (Wildman–Crippen LogP) is 3.40. The molecule has 4 aromatic rings. The number of aromatic nitrogens is 4. The van der Waals surface area contributed by atoms with E-state index < -0.39 is 0 Å². The van der Waals surface area contributed by atoms with Crippen molar-refractivity contribution >= 4 is 0 Å². The lowest BCUT2D eigenvalue weighted by Crippen LogP contribution is -2.23. The van der Waals surface area contributed by atoms with Gasteiger partial charge in [-0.2, -0.15) is 14.6 Å². The number of nitriles is 1. The Morgan fingerprint density at radius 3 is 2.53 bits per heavy atom. The molecule has 160 valence electrons. The summed E-state index contributed by atoms with van der Waals surface area (Å²) in [4.78, 5) is 12.4. The molecule has 0 fully saturated rings. The Morgan fingerprint density at radius 1 is 1.03 bits per heavy atom. The van der Waals surface area contributed by atoms with Gasteiger partial charge in [-0.15, -0.1) is 0 Å². The van der Waals surface area contributed by atoms with Crippen LogP contribution in [0.3, 0.4) is 0 Å². The van der Waals surface area contributed by atoms with Crippen molar-refractivity contribution in [2.75, 3.05) is 7.11 Å². The van der Waals surface area contributed by atoms with Gasteiger partial charge in [0.05, 0.1) is 30.0 Å². The van der Waals surface area contributed by atoms with Crippen LogP contribution in [-0.4, -0.2) is 26.9 Å². The Bertz CT molecular complexity index is 1380. The van der Waals surface area contributed by atoms with Crippen molar-refractivity contribution in [3.63, 3.8) is 0 Å². The van der Waals surface area contributed by atoms with Gasteiger partial charge in [0.1, 0.15) is 18.1 Å². The lowest BCUT2D eigenvalue weighted by atomic mass is 9.98. The summed E-state index contributed by atoms with van der Waals surface area (Å²) >= 11 is 0. The van der Waals surface area contributed by atoms with E-state index in [4.69, 9.17) is 9.47 Å². The zero-order valence-corrected chi connectivity index (χ0v) is 17.9. The summed E-state index contributed by atoms with van der Waals surface area (Å²) < 4.78 is 14.0. The molecule has 8 heteroatoms. The molecule has 4 rings (SSSR count). The molecule has 8 nitrogen and oxygen atoms in total. The number of benzene rings is 3. The van der Waals surface area contributed by atoms with Gasteiger partial charge >= 0.3 is 5.69 Å². The number of hydrogen-bond acceptors (Lipinski definition) is 6. The van der Waals surface area contributed by atoms with Crippen molar-refractivity contribution in [1.29, 1.82) is 5.26 Å². The molecular formula is C24H21N5O3. The molecule has 0 aliphatic rings. The fourth-order valence-electron chi connectivity index (χ4n) is 3.51. The topological polar surface area (TPSA) is 95.0 Å². The molecule has 0 atom stereocenters. The average Bonchev–Trinajstić information content (AvgIpc) is 3.15. The number of hydrogen-bond donors (Lipinski definition) is 0. The van der Waals surface area contributed by atoms with E-state index in [1.807, 2.05) is 43.3 Å². The Morgan fingerprint density at radius 2 is 1.84 bits per heavy atom. The van der Waals surface area contributed by atoms with E-state index in [0.29, 0.717) is 28.3 Å². The van der Waals surface area contributed by atoms with E-state index in [1.165, 1.54) is 11.7 Å². The normalized spacial score (nSPS) is 10.6. The van der Waals surface area contributed by atoms with Crippen LogP contribution in [0.1, 0.15) is 16.7 Å². The van der Waals surface area contributed by atoms with Gasteiger partial charge in [0.15, 0.2) is 0 Å². The van der Waals surface area contributed by atoms with E-state index in [0.717, 1.165) is 21.4 Å². The first-order valence-electron chi connectivity index (χ1n) is 9.91. The highest BCUT2D eigenvalue weighted by molar-refractivity contribution is 5.71. The fraction of sp³-hybridized carbons (Fsp3) is 0.167. The van der Waals surface area contributed by atoms with E-state index in [2.05, 4.69) is 16.5 Å². The molecular weight excluding hydrogens is 406 g/mol.